The van der Waals surface area contributed by atoms with Crippen molar-refractivity contribution in [3.63, 3.8) is 0 Å². The van der Waals surface area contributed by atoms with E-state index in [0.717, 1.165) is 24.2 Å². The number of piperidine rings is 1. The van der Waals surface area contributed by atoms with Crippen LogP contribution in [0.15, 0.2) is 24.3 Å². The Labute approximate surface area is 190 Å². The summed E-state index contributed by atoms with van der Waals surface area (Å²) in [5.41, 5.74) is 0.391. The van der Waals surface area contributed by atoms with Gasteiger partial charge in [-0.1, -0.05) is 12.1 Å². The minimum Gasteiger partial charge on any atom is -0.497 e. The van der Waals surface area contributed by atoms with Gasteiger partial charge in [-0.3, -0.25) is 9.69 Å². The molecule has 3 fully saturated rings. The number of benzene rings is 1. The first-order chi connectivity index (χ1) is 15.0. The lowest BCUT2D eigenvalue weighted by Gasteiger charge is -2.54. The second-order valence-corrected chi connectivity index (χ2v) is 10.7. The minimum absolute atomic E-state index is 0.0117. The number of methoxy groups -OCH3 is 1. The van der Waals surface area contributed by atoms with Crippen LogP contribution < -0.4 is 4.74 Å². The molecular weight excluding hydrogens is 408 g/mol. The zero-order valence-electron chi connectivity index (χ0n) is 19.8. The zero-order chi connectivity index (χ0) is 23.3. The molecule has 3 aliphatic rings. The highest BCUT2D eigenvalue weighted by molar-refractivity contribution is 5.83. The highest BCUT2D eigenvalue weighted by atomic mass is 16.6. The van der Waals surface area contributed by atoms with Crippen LogP contribution in [-0.2, 0) is 16.0 Å². The molecule has 176 valence electrons. The molecule has 1 amide bonds. The highest BCUT2D eigenvalue weighted by Gasteiger charge is 2.59. The van der Waals surface area contributed by atoms with E-state index in [9.17, 15) is 14.7 Å². The van der Waals surface area contributed by atoms with E-state index in [0.29, 0.717) is 25.8 Å². The number of ketones is 1. The van der Waals surface area contributed by atoms with Crippen molar-refractivity contribution in [2.45, 2.75) is 82.2 Å². The smallest absolute Gasteiger partial charge is 0.410 e. The summed E-state index contributed by atoms with van der Waals surface area (Å²) in [5.74, 6) is 0.641. The summed E-state index contributed by atoms with van der Waals surface area (Å²) in [6.07, 6.45) is 2.38. The summed E-state index contributed by atoms with van der Waals surface area (Å²) in [5, 5.41) is 11.3. The molecule has 1 N–H and O–H groups in total. The van der Waals surface area contributed by atoms with Crippen molar-refractivity contribution < 1.29 is 24.2 Å². The predicted molar refractivity (Wildman–Crippen MR) is 121 cm³/mol. The first kappa shape index (κ1) is 23.1. The number of aliphatic hydroxyl groups is 1. The van der Waals surface area contributed by atoms with Gasteiger partial charge in [-0.2, -0.15) is 0 Å². The summed E-state index contributed by atoms with van der Waals surface area (Å²) in [4.78, 5) is 29.5. The van der Waals surface area contributed by atoms with Crippen molar-refractivity contribution in [3.8, 4) is 5.75 Å². The molecule has 1 aromatic rings. The van der Waals surface area contributed by atoms with Crippen LogP contribution in [0.1, 0.15) is 52.0 Å². The molecule has 7 nitrogen and oxygen atoms in total. The van der Waals surface area contributed by atoms with E-state index >= 15 is 0 Å². The molecule has 0 aromatic heterocycles. The van der Waals surface area contributed by atoms with Crippen LogP contribution in [-0.4, -0.2) is 76.8 Å². The zero-order valence-corrected chi connectivity index (χ0v) is 19.8. The average molecular weight is 445 g/mol. The predicted octanol–water partition coefficient (Wildman–Crippen LogP) is 3.03. The third-order valence-corrected chi connectivity index (χ3v) is 7.52. The molecule has 0 unspecified atom stereocenters. The van der Waals surface area contributed by atoms with Crippen LogP contribution in [0.4, 0.5) is 4.79 Å². The maximum atomic E-state index is 12.7. The number of carbonyl (C=O) groups excluding carboxylic acids is 2. The number of rotatable bonds is 4. The van der Waals surface area contributed by atoms with E-state index in [1.807, 2.05) is 45.0 Å². The molecule has 1 aromatic carbocycles. The van der Waals surface area contributed by atoms with Crippen molar-refractivity contribution in [2.75, 3.05) is 20.7 Å². The number of nitrogens with zero attached hydrogens (tertiary/aromatic N) is 2. The second kappa shape index (κ2) is 8.34. The van der Waals surface area contributed by atoms with Gasteiger partial charge >= 0.3 is 6.09 Å². The van der Waals surface area contributed by atoms with E-state index in [-0.39, 0.29) is 35.4 Å². The van der Waals surface area contributed by atoms with Gasteiger partial charge in [-0.05, 0) is 64.2 Å². The lowest BCUT2D eigenvalue weighted by Crippen LogP contribution is -2.65. The molecule has 1 spiro atoms. The first-order valence-corrected chi connectivity index (χ1v) is 11.6. The molecule has 2 saturated heterocycles. The Bertz CT molecular complexity index is 864. The van der Waals surface area contributed by atoms with Gasteiger partial charge in [-0.25, -0.2) is 4.79 Å². The number of Topliss-reactive ketones (excluding diaryl/α,β-unsaturated/α-hetero) is 1. The van der Waals surface area contributed by atoms with Crippen LogP contribution >= 0.6 is 0 Å². The van der Waals surface area contributed by atoms with Gasteiger partial charge in [0, 0.05) is 43.6 Å². The fourth-order valence-electron chi connectivity index (χ4n) is 5.88. The topological polar surface area (TPSA) is 79.3 Å². The van der Waals surface area contributed by atoms with Gasteiger partial charge in [-0.15, -0.1) is 0 Å². The minimum atomic E-state index is -0.705. The second-order valence-electron chi connectivity index (χ2n) is 10.7. The summed E-state index contributed by atoms with van der Waals surface area (Å²) >= 11 is 0. The number of carbonyl (C=O) groups is 2. The van der Waals surface area contributed by atoms with Crippen molar-refractivity contribution in [1.29, 1.82) is 0 Å². The molecule has 1 aliphatic carbocycles. The molecule has 1 saturated carbocycles. The van der Waals surface area contributed by atoms with E-state index in [1.165, 1.54) is 0 Å². The first-order valence-electron chi connectivity index (χ1n) is 11.6. The lowest BCUT2D eigenvalue weighted by atomic mass is 9.65. The van der Waals surface area contributed by atoms with Gasteiger partial charge in [0.05, 0.1) is 13.2 Å². The normalized spacial score (nSPS) is 32.4. The Balaban J connectivity index is 1.59. The van der Waals surface area contributed by atoms with E-state index in [1.54, 1.807) is 19.1 Å². The standard InChI is InChI=1S/C25H36N2O5/c1-24(2,3)32-23(30)26(4)17-13-25-11-10-21(28)19(14-25)22(29)20(27(25)15-17)12-16-6-8-18(31-5)9-7-16/h6-9,17,19-20,22,29H,10-15H2,1-5H3/t17-,19-,20-,22-,25+/m0/s1. The maximum absolute atomic E-state index is 12.7. The lowest BCUT2D eigenvalue weighted by molar-refractivity contribution is -0.149. The fourth-order valence-corrected chi connectivity index (χ4v) is 5.88. The van der Waals surface area contributed by atoms with Gasteiger partial charge in [0.1, 0.15) is 17.1 Å². The van der Waals surface area contributed by atoms with E-state index in [4.69, 9.17) is 9.47 Å². The fraction of sp³-hybridized carbons (Fsp3) is 0.680. The number of aliphatic hydroxyl groups excluding tert-OH is 1. The van der Waals surface area contributed by atoms with Crippen molar-refractivity contribution in [1.82, 2.24) is 9.80 Å². The Hall–Kier alpha value is -2.12. The number of likely N-dealkylation sites (N-methyl/N-ethyl adjacent to an activating group) is 1. The van der Waals surface area contributed by atoms with Crippen molar-refractivity contribution in [3.05, 3.63) is 29.8 Å². The number of amides is 1. The van der Waals surface area contributed by atoms with Gasteiger partial charge < -0.3 is 19.5 Å². The van der Waals surface area contributed by atoms with Gasteiger partial charge in [0.25, 0.3) is 0 Å². The third kappa shape index (κ3) is 4.25. The molecule has 2 aliphatic heterocycles. The van der Waals surface area contributed by atoms with Crippen molar-refractivity contribution >= 4 is 11.9 Å². The summed E-state index contributed by atoms with van der Waals surface area (Å²) in [6.45, 7) is 6.28. The summed E-state index contributed by atoms with van der Waals surface area (Å²) in [6, 6.07) is 7.71. The van der Waals surface area contributed by atoms with Gasteiger partial charge in [0.2, 0.25) is 0 Å². The molecule has 0 radical (unpaired) electrons. The summed E-state index contributed by atoms with van der Waals surface area (Å²) < 4.78 is 10.9. The monoisotopic (exact) mass is 444 g/mol. The number of hydrogen-bond donors (Lipinski definition) is 1. The quantitative estimate of drug-likeness (QED) is 0.769. The number of ether oxygens (including phenoxy) is 2. The third-order valence-electron chi connectivity index (χ3n) is 7.52. The highest BCUT2D eigenvalue weighted by Crippen LogP contribution is 2.50. The molecular formula is C25H36N2O5. The van der Waals surface area contributed by atoms with Crippen LogP contribution in [0.2, 0.25) is 0 Å². The van der Waals surface area contributed by atoms with Crippen LogP contribution in [0.5, 0.6) is 5.75 Å². The molecule has 5 atom stereocenters. The molecule has 2 bridgehead atoms. The van der Waals surface area contributed by atoms with E-state index < -0.39 is 11.7 Å². The number of fused-ring (bicyclic) bond motifs is 1. The van der Waals surface area contributed by atoms with Crippen LogP contribution in [0.3, 0.4) is 0 Å². The van der Waals surface area contributed by atoms with E-state index in [2.05, 4.69) is 4.90 Å². The Morgan fingerprint density at radius 3 is 2.56 bits per heavy atom. The Morgan fingerprint density at radius 1 is 1.25 bits per heavy atom. The molecule has 7 heteroatoms. The summed E-state index contributed by atoms with van der Waals surface area (Å²) in [7, 11) is 3.44. The van der Waals surface area contributed by atoms with Crippen LogP contribution in [0.25, 0.3) is 0 Å². The Morgan fingerprint density at radius 2 is 1.94 bits per heavy atom. The molecule has 2 heterocycles. The molecule has 32 heavy (non-hydrogen) atoms. The number of hydrogen-bond acceptors (Lipinski definition) is 6. The van der Waals surface area contributed by atoms with Crippen molar-refractivity contribution in [2.24, 2.45) is 5.92 Å². The SMILES string of the molecule is COc1ccc(C[C@H]2[C@@H](O)[C@H]3C[C@@]4(CCC3=O)C[C@H](N(C)C(=O)OC(C)(C)C)CN24)cc1. The van der Waals surface area contributed by atoms with Gasteiger partial charge in [0.15, 0.2) is 0 Å². The molecule has 4 rings (SSSR count). The van der Waals surface area contributed by atoms with Crippen LogP contribution in [0, 0.1) is 5.92 Å². The largest absolute Gasteiger partial charge is 0.497 e. The maximum Gasteiger partial charge on any atom is 0.410 e. The Kier molecular flexibility index (Phi) is 6.01. The average Bonchev–Trinajstić information content (AvgIpc) is 3.11.